The molecule has 0 saturated carbocycles. The summed E-state index contributed by atoms with van der Waals surface area (Å²) in [6, 6.07) is 8.87. The van der Waals surface area contributed by atoms with Crippen LogP contribution in [0.15, 0.2) is 35.1 Å². The van der Waals surface area contributed by atoms with Crippen molar-refractivity contribution in [3.63, 3.8) is 0 Å². The Morgan fingerprint density at radius 2 is 2.00 bits per heavy atom. The average Bonchev–Trinajstić information content (AvgIpc) is 2.28. The molecule has 1 aromatic heterocycles. The summed E-state index contributed by atoms with van der Waals surface area (Å²) in [5.74, 6) is -0.595. The van der Waals surface area contributed by atoms with Crippen LogP contribution in [0.5, 0.6) is 0 Å². The van der Waals surface area contributed by atoms with E-state index in [-0.39, 0.29) is 5.56 Å². The quantitative estimate of drug-likeness (QED) is 0.771. The molecule has 0 atom stereocenters. The number of hydrogen-bond donors (Lipinski definition) is 3. The van der Waals surface area contributed by atoms with Crippen LogP contribution in [0.1, 0.15) is 13.8 Å². The number of rotatable bonds is 3. The molecule has 0 bridgehead atoms. The molecule has 5 nitrogen and oxygen atoms in total. The minimum absolute atomic E-state index is 0.239. The molecule has 5 heteroatoms. The van der Waals surface area contributed by atoms with Crippen molar-refractivity contribution < 1.29 is 9.90 Å². The number of hydrogen-bond acceptors (Lipinski definition) is 3. The highest BCUT2D eigenvalue weighted by Gasteiger charge is 2.27. The highest BCUT2D eigenvalue weighted by atomic mass is 16.4. The Balaban J connectivity index is 2.48. The van der Waals surface area contributed by atoms with Crippen LogP contribution < -0.4 is 10.9 Å². The highest BCUT2D eigenvalue weighted by molar-refractivity contribution is 5.85. The van der Waals surface area contributed by atoms with Crippen molar-refractivity contribution in [3.8, 4) is 0 Å². The van der Waals surface area contributed by atoms with Crippen molar-refractivity contribution in [3.05, 3.63) is 40.7 Å². The summed E-state index contributed by atoms with van der Waals surface area (Å²) < 4.78 is 0. The summed E-state index contributed by atoms with van der Waals surface area (Å²) in [6.07, 6.45) is 0. The third-order valence-electron chi connectivity index (χ3n) is 2.74. The summed E-state index contributed by atoms with van der Waals surface area (Å²) in [5.41, 5.74) is -1.39. The van der Waals surface area contributed by atoms with Gasteiger partial charge in [-0.2, -0.15) is 0 Å². The van der Waals surface area contributed by atoms with Gasteiger partial charge in [-0.05, 0) is 31.4 Å². The molecule has 0 aliphatic heterocycles. The van der Waals surface area contributed by atoms with Gasteiger partial charge in [0, 0.05) is 5.39 Å². The van der Waals surface area contributed by atoms with E-state index in [9.17, 15) is 9.59 Å². The molecule has 0 saturated heterocycles. The van der Waals surface area contributed by atoms with Gasteiger partial charge in [0.15, 0.2) is 0 Å². The maximum absolute atomic E-state index is 11.8. The lowest BCUT2D eigenvalue weighted by molar-refractivity contribution is -0.141. The first-order valence-electron chi connectivity index (χ1n) is 5.54. The van der Waals surface area contributed by atoms with Gasteiger partial charge in [-0.1, -0.05) is 18.2 Å². The van der Waals surface area contributed by atoms with Crippen LogP contribution in [-0.4, -0.2) is 21.6 Å². The van der Waals surface area contributed by atoms with Crippen LogP contribution in [0.25, 0.3) is 10.8 Å². The van der Waals surface area contributed by atoms with E-state index < -0.39 is 11.5 Å². The fourth-order valence-corrected chi connectivity index (χ4v) is 1.67. The minimum Gasteiger partial charge on any atom is -0.480 e. The van der Waals surface area contributed by atoms with Crippen LogP contribution in [0.4, 0.5) is 5.82 Å². The molecule has 0 aliphatic carbocycles. The Kier molecular flexibility index (Phi) is 2.82. The maximum Gasteiger partial charge on any atom is 0.328 e. The van der Waals surface area contributed by atoms with E-state index in [1.165, 1.54) is 13.8 Å². The van der Waals surface area contributed by atoms with Gasteiger partial charge >= 0.3 is 5.97 Å². The van der Waals surface area contributed by atoms with Crippen molar-refractivity contribution in [1.29, 1.82) is 0 Å². The third kappa shape index (κ3) is 2.20. The molecule has 0 unspecified atom stereocenters. The molecule has 0 spiro atoms. The van der Waals surface area contributed by atoms with E-state index in [1.807, 2.05) is 12.1 Å². The number of anilines is 1. The van der Waals surface area contributed by atoms with Gasteiger partial charge in [0.2, 0.25) is 0 Å². The van der Waals surface area contributed by atoms with Crippen molar-refractivity contribution in [2.75, 3.05) is 5.32 Å². The zero-order valence-electron chi connectivity index (χ0n) is 10.2. The molecule has 18 heavy (non-hydrogen) atoms. The Morgan fingerprint density at radius 3 is 2.67 bits per heavy atom. The van der Waals surface area contributed by atoms with Gasteiger partial charge in [0.25, 0.3) is 5.56 Å². The van der Waals surface area contributed by atoms with Gasteiger partial charge in [-0.3, -0.25) is 4.79 Å². The lowest BCUT2D eigenvalue weighted by atomic mass is 10.1. The molecular formula is C13H14N2O3. The number of carbonyl (C=O) groups is 1. The lowest BCUT2D eigenvalue weighted by Gasteiger charge is -2.22. The first-order valence-corrected chi connectivity index (χ1v) is 5.54. The fraction of sp³-hybridized carbons (Fsp3) is 0.231. The summed E-state index contributed by atoms with van der Waals surface area (Å²) >= 11 is 0. The molecule has 0 fully saturated rings. The molecule has 1 aromatic carbocycles. The van der Waals surface area contributed by atoms with Gasteiger partial charge in [-0.15, -0.1) is 0 Å². The topological polar surface area (TPSA) is 82.2 Å². The molecule has 0 radical (unpaired) electrons. The lowest BCUT2D eigenvalue weighted by Crippen LogP contribution is -2.40. The predicted octanol–water partition coefficient (Wildman–Crippen LogP) is 1.80. The molecule has 1 heterocycles. The average molecular weight is 246 g/mol. The van der Waals surface area contributed by atoms with E-state index in [0.717, 1.165) is 5.39 Å². The van der Waals surface area contributed by atoms with Gasteiger partial charge in [0.1, 0.15) is 11.4 Å². The van der Waals surface area contributed by atoms with Crippen LogP contribution in [0.2, 0.25) is 0 Å². The molecule has 3 N–H and O–H groups in total. The molecule has 2 rings (SSSR count). The van der Waals surface area contributed by atoms with E-state index >= 15 is 0 Å². The second-order valence-corrected chi connectivity index (χ2v) is 4.65. The summed E-state index contributed by atoms with van der Waals surface area (Å²) in [6.45, 7) is 3.06. The number of aromatic amines is 1. The number of aromatic nitrogens is 1. The smallest absolute Gasteiger partial charge is 0.328 e. The third-order valence-corrected chi connectivity index (χ3v) is 2.74. The van der Waals surface area contributed by atoms with Gasteiger partial charge in [0.05, 0.1) is 0 Å². The number of aliphatic carboxylic acids is 1. The van der Waals surface area contributed by atoms with Crippen LogP contribution in [-0.2, 0) is 4.79 Å². The van der Waals surface area contributed by atoms with Gasteiger partial charge in [-0.25, -0.2) is 4.79 Å². The number of carboxylic acids is 1. The Hall–Kier alpha value is -2.30. The number of H-pyrrole nitrogens is 1. The Bertz CT molecular complexity index is 659. The van der Waals surface area contributed by atoms with Crippen molar-refractivity contribution in [2.24, 2.45) is 0 Å². The zero-order chi connectivity index (χ0) is 13.3. The maximum atomic E-state index is 11.8. The first-order chi connectivity index (χ1) is 8.40. The van der Waals surface area contributed by atoms with Crippen molar-refractivity contribution in [1.82, 2.24) is 4.98 Å². The number of nitrogens with one attached hydrogen (secondary N) is 2. The number of carboxylic acid groups (broad SMARTS) is 1. The molecule has 0 amide bonds. The number of benzene rings is 1. The standard InChI is InChI=1S/C13H14N2O3/c1-13(2,12(17)18)15-10-7-8-5-3-4-6-9(8)11(16)14-10/h3-7H,1-2H3,(H,17,18)(H2,14,15,16). The normalized spacial score (nSPS) is 11.4. The number of fused-ring (bicyclic) bond motifs is 1. The number of pyridine rings is 1. The van der Waals surface area contributed by atoms with Crippen molar-refractivity contribution >= 4 is 22.6 Å². The first kappa shape index (κ1) is 12.2. The zero-order valence-corrected chi connectivity index (χ0v) is 10.2. The molecule has 94 valence electrons. The second-order valence-electron chi connectivity index (χ2n) is 4.65. The molecule has 2 aromatic rings. The SMILES string of the molecule is CC(C)(Nc1cc2ccccc2c(=O)[nH]1)C(=O)O. The van der Waals surface area contributed by atoms with E-state index in [4.69, 9.17) is 5.11 Å². The summed E-state index contributed by atoms with van der Waals surface area (Å²) in [7, 11) is 0. The largest absolute Gasteiger partial charge is 0.480 e. The summed E-state index contributed by atoms with van der Waals surface area (Å²) in [4.78, 5) is 25.5. The molecule has 0 aliphatic rings. The Labute approximate surface area is 103 Å². The highest BCUT2D eigenvalue weighted by Crippen LogP contribution is 2.16. The molecular weight excluding hydrogens is 232 g/mol. The van der Waals surface area contributed by atoms with Crippen LogP contribution in [0, 0.1) is 0 Å². The van der Waals surface area contributed by atoms with Crippen molar-refractivity contribution in [2.45, 2.75) is 19.4 Å². The van der Waals surface area contributed by atoms with Gasteiger partial charge < -0.3 is 15.4 Å². The monoisotopic (exact) mass is 246 g/mol. The van der Waals surface area contributed by atoms with E-state index in [0.29, 0.717) is 11.2 Å². The fourth-order valence-electron chi connectivity index (χ4n) is 1.67. The van der Waals surface area contributed by atoms with Crippen LogP contribution in [0.3, 0.4) is 0 Å². The van der Waals surface area contributed by atoms with Crippen LogP contribution >= 0.6 is 0 Å². The van der Waals surface area contributed by atoms with E-state index in [2.05, 4.69) is 10.3 Å². The second kappa shape index (κ2) is 4.18. The Morgan fingerprint density at radius 1 is 1.33 bits per heavy atom. The minimum atomic E-state index is -1.15. The van der Waals surface area contributed by atoms with E-state index in [1.54, 1.807) is 18.2 Å². The predicted molar refractivity (Wildman–Crippen MR) is 69.9 cm³/mol. The summed E-state index contributed by atoms with van der Waals surface area (Å²) in [5, 5.41) is 13.2.